The van der Waals surface area contributed by atoms with E-state index in [0.717, 1.165) is 16.1 Å². The van der Waals surface area contributed by atoms with Crippen molar-refractivity contribution in [1.82, 2.24) is 18.9 Å². The van der Waals surface area contributed by atoms with Crippen molar-refractivity contribution in [1.29, 1.82) is 0 Å². The first-order valence-electron chi connectivity index (χ1n) is 10.2. The van der Waals surface area contributed by atoms with Gasteiger partial charge < -0.3 is 4.90 Å². The van der Waals surface area contributed by atoms with Crippen molar-refractivity contribution >= 4 is 32.1 Å². The van der Waals surface area contributed by atoms with E-state index in [1.807, 2.05) is 41.3 Å². The van der Waals surface area contributed by atoms with E-state index >= 15 is 0 Å². The first kappa shape index (κ1) is 20.8. The molecule has 0 bridgehead atoms. The fourth-order valence-corrected chi connectivity index (χ4v) is 6.35. The number of piperazine rings is 1. The number of benzene rings is 2. The highest BCUT2D eigenvalue weighted by Crippen LogP contribution is 2.26. The van der Waals surface area contributed by atoms with Crippen molar-refractivity contribution in [2.45, 2.75) is 11.8 Å². The van der Waals surface area contributed by atoms with Crippen molar-refractivity contribution in [3.05, 3.63) is 76.6 Å². The summed E-state index contributed by atoms with van der Waals surface area (Å²) in [4.78, 5) is 20.1. The zero-order valence-corrected chi connectivity index (χ0v) is 19.0. The Hall–Kier alpha value is -3.08. The van der Waals surface area contributed by atoms with Gasteiger partial charge in [-0.25, -0.2) is 13.4 Å². The Kier molecular flexibility index (Phi) is 5.28. The third-order valence-electron chi connectivity index (χ3n) is 5.53. The number of hydrogen-bond acceptors (Lipinski definition) is 7. The molecule has 0 aliphatic carbocycles. The summed E-state index contributed by atoms with van der Waals surface area (Å²) in [6.07, 6.45) is 0. The predicted octanol–water partition coefficient (Wildman–Crippen LogP) is 2.64. The summed E-state index contributed by atoms with van der Waals surface area (Å²) in [6.45, 7) is 3.37. The van der Waals surface area contributed by atoms with Gasteiger partial charge in [0, 0.05) is 37.8 Å². The first-order chi connectivity index (χ1) is 15.4. The van der Waals surface area contributed by atoms with Gasteiger partial charge in [0.2, 0.25) is 15.0 Å². The van der Waals surface area contributed by atoms with E-state index in [1.165, 1.54) is 26.2 Å². The zero-order chi connectivity index (χ0) is 22.3. The molecule has 1 saturated heterocycles. The minimum atomic E-state index is -3.56. The number of aryl methyl sites for hydroxylation is 1. The maximum absolute atomic E-state index is 13.0. The lowest BCUT2D eigenvalue weighted by Crippen LogP contribution is -2.49. The SMILES string of the molecule is Cc1ccccc1S(=O)(=O)N1CCN(c2cc(=O)n3nc(-c4ccccc4)sc3n2)CC1. The topological polar surface area (TPSA) is 87.9 Å². The molecule has 32 heavy (non-hydrogen) atoms. The smallest absolute Gasteiger partial charge is 0.277 e. The third-order valence-corrected chi connectivity index (χ3v) is 8.54. The number of sulfonamides is 1. The first-order valence-corrected chi connectivity index (χ1v) is 12.5. The molecule has 0 amide bonds. The largest absolute Gasteiger partial charge is 0.354 e. The molecule has 1 aliphatic heterocycles. The monoisotopic (exact) mass is 467 g/mol. The molecular weight excluding hydrogens is 446 g/mol. The molecule has 2 aromatic heterocycles. The highest BCUT2D eigenvalue weighted by atomic mass is 32.2. The molecule has 3 heterocycles. The molecule has 2 aromatic carbocycles. The van der Waals surface area contributed by atoms with Gasteiger partial charge >= 0.3 is 0 Å². The molecule has 0 N–H and O–H groups in total. The summed E-state index contributed by atoms with van der Waals surface area (Å²) in [6, 6.07) is 18.1. The van der Waals surface area contributed by atoms with Crippen LogP contribution in [0, 0.1) is 6.92 Å². The van der Waals surface area contributed by atoms with Gasteiger partial charge in [-0.3, -0.25) is 4.79 Å². The van der Waals surface area contributed by atoms with Crippen molar-refractivity contribution in [3.8, 4) is 10.6 Å². The van der Waals surface area contributed by atoms with Crippen LogP contribution in [0.4, 0.5) is 5.82 Å². The van der Waals surface area contributed by atoms with Crippen LogP contribution in [0.1, 0.15) is 5.56 Å². The molecule has 0 saturated carbocycles. The van der Waals surface area contributed by atoms with Gasteiger partial charge in [-0.05, 0) is 18.6 Å². The average Bonchev–Trinajstić information content (AvgIpc) is 3.25. The standard InChI is InChI=1S/C22H21N5O3S2/c1-16-7-5-6-10-18(16)32(29,30)26-13-11-25(12-14-26)19-15-20(28)27-22(23-19)31-21(24-27)17-8-3-2-4-9-17/h2-10,15H,11-14H2,1H3. The van der Waals surface area contributed by atoms with Gasteiger partial charge in [0.25, 0.3) is 5.56 Å². The second-order valence-corrected chi connectivity index (χ2v) is 10.4. The van der Waals surface area contributed by atoms with Crippen LogP contribution in [0.2, 0.25) is 0 Å². The van der Waals surface area contributed by atoms with Gasteiger partial charge in [0.05, 0.1) is 4.90 Å². The van der Waals surface area contributed by atoms with Crippen LogP contribution in [0.3, 0.4) is 0 Å². The Morgan fingerprint density at radius 3 is 2.34 bits per heavy atom. The zero-order valence-electron chi connectivity index (χ0n) is 17.4. The average molecular weight is 468 g/mol. The minimum absolute atomic E-state index is 0.251. The van der Waals surface area contributed by atoms with Crippen molar-refractivity contribution in [3.63, 3.8) is 0 Å². The molecule has 0 radical (unpaired) electrons. The van der Waals surface area contributed by atoms with Crippen LogP contribution >= 0.6 is 11.3 Å². The van der Waals surface area contributed by atoms with E-state index in [1.54, 1.807) is 25.1 Å². The van der Waals surface area contributed by atoms with E-state index < -0.39 is 10.0 Å². The predicted molar refractivity (Wildman–Crippen MR) is 125 cm³/mol. The van der Waals surface area contributed by atoms with Gasteiger partial charge in [0.15, 0.2) is 0 Å². The molecule has 1 fully saturated rings. The molecule has 0 atom stereocenters. The van der Waals surface area contributed by atoms with Crippen LogP contribution in [0.25, 0.3) is 15.5 Å². The second-order valence-electron chi connectivity index (χ2n) is 7.58. The van der Waals surface area contributed by atoms with Crippen LogP contribution in [-0.4, -0.2) is 53.5 Å². The quantitative estimate of drug-likeness (QED) is 0.459. The van der Waals surface area contributed by atoms with Crippen molar-refractivity contribution in [2.24, 2.45) is 0 Å². The van der Waals surface area contributed by atoms with Crippen LogP contribution in [0.15, 0.2) is 70.4 Å². The second kappa shape index (κ2) is 8.12. The summed E-state index contributed by atoms with van der Waals surface area (Å²) in [7, 11) is -3.56. The number of aromatic nitrogens is 3. The third kappa shape index (κ3) is 3.70. The number of hydrogen-bond donors (Lipinski definition) is 0. The number of anilines is 1. The summed E-state index contributed by atoms with van der Waals surface area (Å²) in [5.74, 6) is 0.547. The molecule has 8 nitrogen and oxygen atoms in total. The highest BCUT2D eigenvalue weighted by molar-refractivity contribution is 7.89. The maximum atomic E-state index is 13.0. The molecule has 4 aromatic rings. The highest BCUT2D eigenvalue weighted by Gasteiger charge is 2.30. The van der Waals surface area contributed by atoms with Crippen molar-refractivity contribution in [2.75, 3.05) is 31.1 Å². The number of rotatable bonds is 4. The lowest BCUT2D eigenvalue weighted by atomic mass is 10.2. The molecule has 164 valence electrons. The summed E-state index contributed by atoms with van der Waals surface area (Å²) < 4.78 is 28.9. The summed E-state index contributed by atoms with van der Waals surface area (Å²) >= 11 is 1.35. The van der Waals surface area contributed by atoms with Crippen molar-refractivity contribution < 1.29 is 8.42 Å². The van der Waals surface area contributed by atoms with E-state index in [4.69, 9.17) is 0 Å². The molecule has 1 aliphatic rings. The molecular formula is C22H21N5O3S2. The normalized spacial score (nSPS) is 15.3. The van der Waals surface area contributed by atoms with Gasteiger partial charge in [-0.2, -0.15) is 13.9 Å². The summed E-state index contributed by atoms with van der Waals surface area (Å²) in [5.41, 5.74) is 1.41. The Labute approximate surface area is 189 Å². The fourth-order valence-electron chi connectivity index (χ4n) is 3.80. The van der Waals surface area contributed by atoms with Gasteiger partial charge in [-0.15, -0.1) is 0 Å². The van der Waals surface area contributed by atoms with Crippen LogP contribution < -0.4 is 10.5 Å². The van der Waals surface area contributed by atoms with E-state index in [0.29, 0.717) is 41.9 Å². The van der Waals surface area contributed by atoms with Gasteiger partial charge in [-0.1, -0.05) is 59.9 Å². The lowest BCUT2D eigenvalue weighted by Gasteiger charge is -2.34. The molecule has 5 rings (SSSR count). The van der Waals surface area contributed by atoms with Crippen LogP contribution in [0.5, 0.6) is 0 Å². The fraction of sp³-hybridized carbons (Fsp3) is 0.227. The molecule has 10 heteroatoms. The Morgan fingerprint density at radius 2 is 1.62 bits per heavy atom. The summed E-state index contributed by atoms with van der Waals surface area (Å²) in [5, 5.41) is 5.13. The number of fused-ring (bicyclic) bond motifs is 1. The molecule has 0 unspecified atom stereocenters. The van der Waals surface area contributed by atoms with Gasteiger partial charge in [0.1, 0.15) is 10.8 Å². The van der Waals surface area contributed by atoms with E-state index in [2.05, 4.69) is 10.1 Å². The van der Waals surface area contributed by atoms with E-state index in [9.17, 15) is 13.2 Å². The Bertz CT molecular complexity index is 1440. The lowest BCUT2D eigenvalue weighted by molar-refractivity contribution is 0.383. The Balaban J connectivity index is 1.38. The number of nitrogens with zero attached hydrogens (tertiary/aromatic N) is 5. The minimum Gasteiger partial charge on any atom is -0.354 e. The van der Waals surface area contributed by atoms with Crippen LogP contribution in [-0.2, 0) is 10.0 Å². The van der Waals surface area contributed by atoms with E-state index in [-0.39, 0.29) is 5.56 Å². The molecule has 0 spiro atoms. The Morgan fingerprint density at radius 1 is 0.938 bits per heavy atom. The maximum Gasteiger partial charge on any atom is 0.277 e.